The third-order valence-corrected chi connectivity index (χ3v) is 3.65. The van der Waals surface area contributed by atoms with Crippen LogP contribution in [-0.4, -0.2) is 11.6 Å². The highest BCUT2D eigenvalue weighted by molar-refractivity contribution is 5.79. The Labute approximate surface area is 149 Å². The molecular weight excluding hydrogens is 308 g/mol. The number of hydrogen-bond donors (Lipinski definition) is 0. The van der Waals surface area contributed by atoms with Crippen LogP contribution in [0, 0.1) is 11.8 Å². The molecule has 0 bridgehead atoms. The first-order valence-electron chi connectivity index (χ1n) is 8.20. The van der Waals surface area contributed by atoms with Gasteiger partial charge in [0.2, 0.25) is 0 Å². The van der Waals surface area contributed by atoms with Crippen molar-refractivity contribution in [2.45, 2.75) is 25.9 Å². The number of esters is 1. The topological polar surface area (TPSA) is 26.3 Å². The summed E-state index contributed by atoms with van der Waals surface area (Å²) in [6, 6.07) is 19.5. The van der Waals surface area contributed by atoms with E-state index in [9.17, 15) is 4.79 Å². The average molecular weight is 330 g/mol. The normalized spacial score (nSPS) is 13.1. The molecule has 1 atom stereocenters. The number of carbonyl (C=O) groups is 1. The molecule has 0 N–H and O–H groups in total. The summed E-state index contributed by atoms with van der Waals surface area (Å²) in [6.07, 6.45) is 4.47. The summed E-state index contributed by atoms with van der Waals surface area (Å²) in [7, 11) is 0. The lowest BCUT2D eigenvalue weighted by Gasteiger charge is -2.27. The van der Waals surface area contributed by atoms with E-state index in [4.69, 9.17) is 4.74 Å². The summed E-state index contributed by atoms with van der Waals surface area (Å²) in [5.41, 5.74) is 1.64. The van der Waals surface area contributed by atoms with Crippen molar-refractivity contribution >= 4 is 11.5 Å². The Morgan fingerprint density at radius 1 is 1.12 bits per heavy atom. The molecule has 0 aromatic heterocycles. The standard InChI is InChI=1S/C23H22O2/c1-4-5-16-22(21-14-10-7-11-15-21)23(3,25-19(2)24)18-17-20-12-8-6-9-13-20/h4,6-16H,1,5H2,2-3H3/b22-16+. The predicted molar refractivity (Wildman–Crippen MR) is 103 cm³/mol. The third-order valence-electron chi connectivity index (χ3n) is 3.65. The maximum Gasteiger partial charge on any atom is 0.304 e. The quantitative estimate of drug-likeness (QED) is 0.437. The van der Waals surface area contributed by atoms with Gasteiger partial charge in [0.15, 0.2) is 5.60 Å². The van der Waals surface area contributed by atoms with Crippen LogP contribution in [0.4, 0.5) is 0 Å². The molecule has 2 rings (SSSR count). The second kappa shape index (κ2) is 8.70. The lowest BCUT2D eigenvalue weighted by molar-refractivity contribution is -0.146. The molecule has 0 amide bonds. The second-order valence-electron chi connectivity index (χ2n) is 5.75. The van der Waals surface area contributed by atoms with Gasteiger partial charge in [-0.15, -0.1) is 6.58 Å². The van der Waals surface area contributed by atoms with Gasteiger partial charge in [0, 0.05) is 18.1 Å². The van der Waals surface area contributed by atoms with Gasteiger partial charge in [-0.25, -0.2) is 0 Å². The van der Waals surface area contributed by atoms with Crippen LogP contribution in [0.2, 0.25) is 0 Å². The van der Waals surface area contributed by atoms with Crippen LogP contribution in [0.25, 0.3) is 5.57 Å². The van der Waals surface area contributed by atoms with Crippen LogP contribution in [0.3, 0.4) is 0 Å². The molecule has 126 valence electrons. The summed E-state index contributed by atoms with van der Waals surface area (Å²) >= 11 is 0. The fourth-order valence-electron chi connectivity index (χ4n) is 2.56. The Morgan fingerprint density at radius 2 is 1.72 bits per heavy atom. The molecule has 0 aliphatic heterocycles. The summed E-state index contributed by atoms with van der Waals surface area (Å²) in [5.74, 6) is 5.91. The van der Waals surface area contributed by atoms with Crippen LogP contribution < -0.4 is 0 Å². The first-order valence-corrected chi connectivity index (χ1v) is 8.20. The maximum absolute atomic E-state index is 11.7. The van der Waals surface area contributed by atoms with Crippen molar-refractivity contribution in [3.8, 4) is 11.8 Å². The number of allylic oxidation sites excluding steroid dienone is 2. The monoisotopic (exact) mass is 330 g/mol. The molecule has 2 heteroatoms. The minimum absolute atomic E-state index is 0.370. The second-order valence-corrected chi connectivity index (χ2v) is 5.75. The van der Waals surface area contributed by atoms with E-state index in [1.54, 1.807) is 0 Å². The van der Waals surface area contributed by atoms with Gasteiger partial charge in [-0.05, 0) is 37.0 Å². The van der Waals surface area contributed by atoms with E-state index in [0.717, 1.165) is 16.7 Å². The summed E-state index contributed by atoms with van der Waals surface area (Å²) in [5, 5.41) is 0. The number of benzene rings is 2. The lowest BCUT2D eigenvalue weighted by atomic mass is 9.88. The molecule has 2 aromatic rings. The van der Waals surface area contributed by atoms with E-state index in [0.29, 0.717) is 6.42 Å². The fraction of sp³-hybridized carbons (Fsp3) is 0.174. The zero-order chi connectivity index (χ0) is 18.1. The molecule has 0 radical (unpaired) electrons. The Bertz CT molecular complexity index is 807. The van der Waals surface area contributed by atoms with Gasteiger partial charge >= 0.3 is 5.97 Å². The Balaban J connectivity index is 2.53. The highest BCUT2D eigenvalue weighted by atomic mass is 16.6. The first-order chi connectivity index (χ1) is 12.0. The zero-order valence-corrected chi connectivity index (χ0v) is 14.7. The van der Waals surface area contributed by atoms with Crippen molar-refractivity contribution in [2.24, 2.45) is 0 Å². The van der Waals surface area contributed by atoms with Crippen molar-refractivity contribution in [1.82, 2.24) is 0 Å². The summed E-state index contributed by atoms with van der Waals surface area (Å²) < 4.78 is 5.66. The highest BCUT2D eigenvalue weighted by Crippen LogP contribution is 2.31. The van der Waals surface area contributed by atoms with Crippen molar-refractivity contribution in [3.05, 3.63) is 90.5 Å². The van der Waals surface area contributed by atoms with E-state index in [2.05, 4.69) is 18.4 Å². The van der Waals surface area contributed by atoms with Gasteiger partial charge in [0.05, 0.1) is 0 Å². The third kappa shape index (κ3) is 5.22. The summed E-state index contributed by atoms with van der Waals surface area (Å²) in [6.45, 7) is 7.00. The SMILES string of the molecule is C=CC/C=C(\c1ccccc1)C(C)(C#Cc1ccccc1)OC(C)=O. The molecular formula is C23H22O2. The zero-order valence-electron chi connectivity index (χ0n) is 14.7. The number of hydrogen-bond acceptors (Lipinski definition) is 2. The molecule has 0 aliphatic rings. The molecule has 0 saturated carbocycles. The first kappa shape index (κ1) is 18.3. The minimum Gasteiger partial charge on any atom is -0.442 e. The van der Waals surface area contributed by atoms with Crippen LogP contribution >= 0.6 is 0 Å². The summed E-state index contributed by atoms with van der Waals surface area (Å²) in [4.78, 5) is 11.7. The molecule has 2 nitrogen and oxygen atoms in total. The van der Waals surface area contributed by atoms with Crippen LogP contribution in [0.5, 0.6) is 0 Å². The van der Waals surface area contributed by atoms with Crippen molar-refractivity contribution in [1.29, 1.82) is 0 Å². The number of ether oxygens (including phenoxy) is 1. The molecule has 0 aliphatic carbocycles. The number of rotatable bonds is 5. The molecule has 2 aromatic carbocycles. The van der Waals surface area contributed by atoms with Crippen molar-refractivity contribution in [3.63, 3.8) is 0 Å². The fourth-order valence-corrected chi connectivity index (χ4v) is 2.56. The molecule has 25 heavy (non-hydrogen) atoms. The van der Waals surface area contributed by atoms with E-state index < -0.39 is 5.60 Å². The molecule has 1 unspecified atom stereocenters. The molecule has 0 spiro atoms. The Morgan fingerprint density at radius 3 is 2.28 bits per heavy atom. The van der Waals surface area contributed by atoms with Gasteiger partial charge in [0.1, 0.15) is 0 Å². The number of carbonyl (C=O) groups excluding carboxylic acids is 1. The highest BCUT2D eigenvalue weighted by Gasteiger charge is 2.31. The predicted octanol–water partition coefficient (Wildman–Crippen LogP) is 5.02. The molecule has 0 saturated heterocycles. The van der Waals surface area contributed by atoms with E-state index in [1.165, 1.54) is 6.92 Å². The van der Waals surface area contributed by atoms with Gasteiger partial charge in [-0.1, -0.05) is 66.6 Å². The molecule has 0 fully saturated rings. The smallest absolute Gasteiger partial charge is 0.304 e. The Hall–Kier alpha value is -3.05. The maximum atomic E-state index is 11.7. The van der Waals surface area contributed by atoms with Crippen LogP contribution in [0.15, 0.2) is 79.4 Å². The minimum atomic E-state index is -1.05. The van der Waals surface area contributed by atoms with E-state index >= 15 is 0 Å². The van der Waals surface area contributed by atoms with Crippen molar-refractivity contribution < 1.29 is 9.53 Å². The van der Waals surface area contributed by atoms with Crippen molar-refractivity contribution in [2.75, 3.05) is 0 Å². The van der Waals surface area contributed by atoms with E-state index in [1.807, 2.05) is 79.7 Å². The van der Waals surface area contributed by atoms with E-state index in [-0.39, 0.29) is 5.97 Å². The Kier molecular flexibility index (Phi) is 6.37. The van der Waals surface area contributed by atoms with Crippen LogP contribution in [-0.2, 0) is 9.53 Å². The average Bonchev–Trinajstić information content (AvgIpc) is 2.61. The molecule has 0 heterocycles. The van der Waals surface area contributed by atoms with Gasteiger partial charge in [0.25, 0.3) is 0 Å². The van der Waals surface area contributed by atoms with Gasteiger partial charge in [-0.3, -0.25) is 4.79 Å². The van der Waals surface area contributed by atoms with Gasteiger partial charge < -0.3 is 4.74 Å². The largest absolute Gasteiger partial charge is 0.442 e. The van der Waals surface area contributed by atoms with Crippen LogP contribution in [0.1, 0.15) is 31.4 Å². The van der Waals surface area contributed by atoms with Gasteiger partial charge in [-0.2, -0.15) is 0 Å². The lowest BCUT2D eigenvalue weighted by Crippen LogP contribution is -2.31.